The van der Waals surface area contributed by atoms with Crippen molar-refractivity contribution in [2.75, 3.05) is 26.8 Å². The van der Waals surface area contributed by atoms with Crippen LogP contribution >= 0.6 is 0 Å². The van der Waals surface area contributed by atoms with Gasteiger partial charge in [-0.1, -0.05) is 23.4 Å². The third-order valence-corrected chi connectivity index (χ3v) is 5.95. The van der Waals surface area contributed by atoms with Crippen LogP contribution in [0.15, 0.2) is 41.6 Å². The Morgan fingerprint density at radius 1 is 1.17 bits per heavy atom. The number of likely N-dealkylation sites (tertiary alicyclic amines) is 1. The highest BCUT2D eigenvalue weighted by molar-refractivity contribution is 6.00. The molecule has 0 aliphatic carbocycles. The lowest BCUT2D eigenvalue weighted by Crippen LogP contribution is -2.37. The highest BCUT2D eigenvalue weighted by atomic mass is 16.6. The van der Waals surface area contributed by atoms with Crippen LogP contribution in [0.25, 0.3) is 0 Å². The standard InChI is InChI=1S/C26H34N2O7/c1-18-8-6-10-22(33-2)11-7-9-20(27-34-17-24(31)28-12-4-3-5-13-28)14-19-15-21(29)16-23(30)25(19)26(32)35-18/h6-7,9-10,15-16,18,22,29-30H,3-5,8,11-14,17H2,1-2H3/t18-,22-/m1/s1. The maximum absolute atomic E-state index is 12.9. The number of carbonyl (C=O) groups is 2. The zero-order valence-electron chi connectivity index (χ0n) is 20.3. The van der Waals surface area contributed by atoms with Crippen molar-refractivity contribution in [1.29, 1.82) is 0 Å². The van der Waals surface area contributed by atoms with Crippen molar-refractivity contribution in [3.8, 4) is 11.5 Å². The van der Waals surface area contributed by atoms with E-state index in [-0.39, 0.29) is 42.1 Å². The molecule has 0 aromatic heterocycles. The molecule has 1 aromatic carbocycles. The van der Waals surface area contributed by atoms with Crippen LogP contribution in [0.1, 0.15) is 54.9 Å². The van der Waals surface area contributed by atoms with Crippen molar-refractivity contribution in [2.24, 2.45) is 5.16 Å². The first-order chi connectivity index (χ1) is 16.9. The van der Waals surface area contributed by atoms with E-state index in [0.29, 0.717) is 24.1 Å². The summed E-state index contributed by atoms with van der Waals surface area (Å²) in [6, 6.07) is 2.48. The van der Waals surface area contributed by atoms with Gasteiger partial charge in [0.15, 0.2) is 6.61 Å². The summed E-state index contributed by atoms with van der Waals surface area (Å²) in [5, 5.41) is 24.6. The van der Waals surface area contributed by atoms with Gasteiger partial charge in [0, 0.05) is 39.1 Å². The molecule has 0 spiro atoms. The molecular weight excluding hydrogens is 452 g/mol. The third-order valence-electron chi connectivity index (χ3n) is 5.95. The third kappa shape index (κ3) is 7.85. The number of hydrogen-bond acceptors (Lipinski definition) is 8. The second-order valence-electron chi connectivity index (χ2n) is 8.77. The van der Waals surface area contributed by atoms with Crippen molar-refractivity contribution in [3.05, 3.63) is 47.6 Å². The lowest BCUT2D eigenvalue weighted by Gasteiger charge is -2.26. The average molecular weight is 487 g/mol. The van der Waals surface area contributed by atoms with Crippen LogP contribution in [0.2, 0.25) is 0 Å². The molecule has 1 aromatic rings. The monoisotopic (exact) mass is 486 g/mol. The Kier molecular flexibility index (Phi) is 9.72. The molecule has 2 aliphatic heterocycles. The number of esters is 1. The van der Waals surface area contributed by atoms with Gasteiger partial charge in [0.05, 0.1) is 11.8 Å². The molecule has 0 bridgehead atoms. The van der Waals surface area contributed by atoms with Crippen LogP contribution in [0.5, 0.6) is 11.5 Å². The topological polar surface area (TPSA) is 118 Å². The number of methoxy groups -OCH3 is 1. The molecule has 1 fully saturated rings. The second-order valence-corrected chi connectivity index (χ2v) is 8.77. The number of ether oxygens (including phenoxy) is 2. The van der Waals surface area contributed by atoms with Crippen molar-refractivity contribution in [2.45, 2.75) is 57.7 Å². The van der Waals surface area contributed by atoms with E-state index < -0.39 is 12.1 Å². The van der Waals surface area contributed by atoms with Crippen LogP contribution in [0.4, 0.5) is 0 Å². The predicted octanol–water partition coefficient (Wildman–Crippen LogP) is 3.49. The van der Waals surface area contributed by atoms with Gasteiger partial charge in [0.1, 0.15) is 23.2 Å². The first-order valence-corrected chi connectivity index (χ1v) is 12.0. The van der Waals surface area contributed by atoms with Crippen molar-refractivity contribution in [3.63, 3.8) is 0 Å². The van der Waals surface area contributed by atoms with Gasteiger partial charge in [-0.05, 0) is 50.3 Å². The molecule has 0 radical (unpaired) electrons. The number of phenolic OH excluding ortho intramolecular Hbond substituents is 2. The zero-order valence-corrected chi connectivity index (χ0v) is 20.3. The highest BCUT2D eigenvalue weighted by Crippen LogP contribution is 2.29. The van der Waals surface area contributed by atoms with Gasteiger partial charge in [-0.3, -0.25) is 4.79 Å². The quantitative estimate of drug-likeness (QED) is 0.380. The summed E-state index contributed by atoms with van der Waals surface area (Å²) < 4.78 is 11.0. The number of nitrogens with zero attached hydrogens (tertiary/aromatic N) is 2. The van der Waals surface area contributed by atoms with Gasteiger partial charge in [-0.2, -0.15) is 0 Å². The predicted molar refractivity (Wildman–Crippen MR) is 130 cm³/mol. The summed E-state index contributed by atoms with van der Waals surface area (Å²) in [7, 11) is 1.61. The number of phenols is 2. The fourth-order valence-electron chi connectivity index (χ4n) is 4.07. The molecular formula is C26H34N2O7. The van der Waals surface area contributed by atoms with E-state index in [1.54, 1.807) is 25.0 Å². The summed E-state index contributed by atoms with van der Waals surface area (Å²) in [5.74, 6) is -1.42. The number of amides is 1. The molecule has 1 saturated heterocycles. The van der Waals surface area contributed by atoms with E-state index in [2.05, 4.69) is 5.16 Å². The van der Waals surface area contributed by atoms with Gasteiger partial charge in [0.25, 0.3) is 5.91 Å². The maximum atomic E-state index is 12.9. The number of fused-ring (bicyclic) bond motifs is 1. The number of aromatic hydroxyl groups is 2. The summed E-state index contributed by atoms with van der Waals surface area (Å²) in [6.45, 7) is 3.00. The summed E-state index contributed by atoms with van der Waals surface area (Å²) in [5.41, 5.74) is 0.681. The molecule has 2 aliphatic rings. The Bertz CT molecular complexity index is 980. The smallest absolute Gasteiger partial charge is 0.342 e. The number of piperidine rings is 1. The Balaban J connectivity index is 1.87. The van der Waals surface area contributed by atoms with E-state index >= 15 is 0 Å². The van der Waals surface area contributed by atoms with Gasteiger partial charge in [-0.25, -0.2) is 4.79 Å². The Morgan fingerprint density at radius 2 is 1.94 bits per heavy atom. The summed E-state index contributed by atoms with van der Waals surface area (Å²) in [6.07, 6.45) is 10.9. The van der Waals surface area contributed by atoms with E-state index in [1.165, 1.54) is 6.07 Å². The molecule has 1 amide bonds. The lowest BCUT2D eigenvalue weighted by atomic mass is 9.99. The van der Waals surface area contributed by atoms with Crippen LogP contribution < -0.4 is 0 Å². The van der Waals surface area contributed by atoms with E-state index in [0.717, 1.165) is 38.4 Å². The fourth-order valence-corrected chi connectivity index (χ4v) is 4.07. The molecule has 35 heavy (non-hydrogen) atoms. The first-order valence-electron chi connectivity index (χ1n) is 12.0. The largest absolute Gasteiger partial charge is 0.508 e. The number of oxime groups is 1. The molecule has 9 nitrogen and oxygen atoms in total. The minimum Gasteiger partial charge on any atom is -0.508 e. The zero-order chi connectivity index (χ0) is 25.2. The first kappa shape index (κ1) is 26.3. The Morgan fingerprint density at radius 3 is 2.69 bits per heavy atom. The average Bonchev–Trinajstić information content (AvgIpc) is 2.82. The minimum absolute atomic E-state index is 0.0454. The van der Waals surface area contributed by atoms with E-state index in [1.807, 2.05) is 18.2 Å². The fraction of sp³-hybridized carbons (Fsp3) is 0.500. The number of carbonyl (C=O) groups excluding carboxylic acids is 2. The SMILES string of the molecule is CO[C@@H]1C=CC[C@@H](C)OC(=O)c2c(O)cc(O)cc2CC(=NOCC(=O)N2CCCCC2)C=CC1. The molecule has 2 N–H and O–H groups in total. The number of cyclic esters (lactones) is 1. The molecule has 190 valence electrons. The minimum atomic E-state index is -0.705. The van der Waals surface area contributed by atoms with E-state index in [4.69, 9.17) is 14.3 Å². The Hall–Kier alpha value is -3.33. The Labute approximate surface area is 205 Å². The van der Waals surface area contributed by atoms with Crippen LogP contribution in [0.3, 0.4) is 0 Å². The number of hydrogen-bond donors (Lipinski definition) is 2. The van der Waals surface area contributed by atoms with Gasteiger partial charge in [0.2, 0.25) is 0 Å². The number of benzene rings is 1. The molecule has 0 unspecified atom stereocenters. The number of allylic oxidation sites excluding steroid dienone is 1. The van der Waals surface area contributed by atoms with Crippen LogP contribution in [-0.4, -0.2) is 71.7 Å². The van der Waals surface area contributed by atoms with Gasteiger partial charge >= 0.3 is 5.97 Å². The van der Waals surface area contributed by atoms with Crippen molar-refractivity contribution in [1.82, 2.24) is 4.90 Å². The molecule has 0 saturated carbocycles. The van der Waals surface area contributed by atoms with Gasteiger partial charge < -0.3 is 29.4 Å². The molecule has 3 rings (SSSR count). The number of rotatable bonds is 4. The normalized spacial score (nSPS) is 22.9. The van der Waals surface area contributed by atoms with Crippen molar-refractivity contribution >= 4 is 17.6 Å². The molecule has 2 atom stereocenters. The summed E-state index contributed by atoms with van der Waals surface area (Å²) >= 11 is 0. The second kappa shape index (κ2) is 12.9. The molecule has 2 heterocycles. The van der Waals surface area contributed by atoms with Crippen molar-refractivity contribution < 1.29 is 34.1 Å². The summed E-state index contributed by atoms with van der Waals surface area (Å²) in [4.78, 5) is 32.5. The maximum Gasteiger partial charge on any atom is 0.342 e. The van der Waals surface area contributed by atoms with Crippen LogP contribution in [-0.2, 0) is 25.5 Å². The van der Waals surface area contributed by atoms with Crippen LogP contribution in [0, 0.1) is 0 Å². The van der Waals surface area contributed by atoms with E-state index in [9.17, 15) is 19.8 Å². The molecule has 9 heteroatoms. The highest BCUT2D eigenvalue weighted by Gasteiger charge is 2.23. The lowest BCUT2D eigenvalue weighted by molar-refractivity contribution is -0.137. The van der Waals surface area contributed by atoms with Gasteiger partial charge in [-0.15, -0.1) is 0 Å².